The van der Waals surface area contributed by atoms with Crippen molar-refractivity contribution in [3.63, 3.8) is 0 Å². The van der Waals surface area contributed by atoms with Crippen molar-refractivity contribution in [2.75, 3.05) is 10.8 Å². The van der Waals surface area contributed by atoms with Gasteiger partial charge in [-0.3, -0.25) is 4.79 Å². The second-order valence-corrected chi connectivity index (χ2v) is 7.12. The zero-order valence-corrected chi connectivity index (χ0v) is 13.3. The highest BCUT2D eigenvalue weighted by Gasteiger charge is 2.35. The molecule has 0 radical (unpaired) electrons. The summed E-state index contributed by atoms with van der Waals surface area (Å²) >= 11 is 0. The van der Waals surface area contributed by atoms with Crippen molar-refractivity contribution in [1.29, 1.82) is 0 Å². The number of carbonyl (C=O) groups excluding carboxylic acids is 1. The van der Waals surface area contributed by atoms with Gasteiger partial charge in [-0.25, -0.2) is 9.03 Å². The molecule has 0 bridgehead atoms. The van der Waals surface area contributed by atoms with Crippen molar-refractivity contribution in [2.45, 2.75) is 13.3 Å². The van der Waals surface area contributed by atoms with Crippen LogP contribution in [0.3, 0.4) is 0 Å². The van der Waals surface area contributed by atoms with Crippen molar-refractivity contribution in [3.8, 4) is 5.75 Å². The number of phenols is 1. The summed E-state index contributed by atoms with van der Waals surface area (Å²) in [5, 5.41) is 10.1. The predicted octanol–water partition coefficient (Wildman–Crippen LogP) is 1.47. The van der Waals surface area contributed by atoms with Gasteiger partial charge >= 0.3 is 10.2 Å². The monoisotopic (exact) mass is 332 g/mol. The molecule has 1 amide bonds. The highest BCUT2D eigenvalue weighted by atomic mass is 32.2. The number of rotatable bonds is 3. The normalized spacial score (nSPS) is 16.4. The summed E-state index contributed by atoms with van der Waals surface area (Å²) in [4.78, 5) is 11.3. The third-order valence-corrected chi connectivity index (χ3v) is 5.05. The Labute approximate surface area is 134 Å². The van der Waals surface area contributed by atoms with Crippen molar-refractivity contribution in [1.82, 2.24) is 4.72 Å². The van der Waals surface area contributed by atoms with Gasteiger partial charge in [-0.05, 0) is 36.6 Å². The van der Waals surface area contributed by atoms with E-state index in [4.69, 9.17) is 0 Å². The van der Waals surface area contributed by atoms with E-state index < -0.39 is 16.1 Å². The minimum Gasteiger partial charge on any atom is -0.506 e. The van der Waals surface area contributed by atoms with Gasteiger partial charge in [0, 0.05) is 0 Å². The lowest BCUT2D eigenvalue weighted by Crippen LogP contribution is -2.29. The fraction of sp³-hybridized carbons (Fsp3) is 0.188. The maximum Gasteiger partial charge on any atom is 0.326 e. The summed E-state index contributed by atoms with van der Waals surface area (Å²) in [5.41, 5.74) is 3.21. The molecule has 3 rings (SSSR count). The van der Waals surface area contributed by atoms with Crippen LogP contribution in [0.15, 0.2) is 42.5 Å². The molecule has 7 heteroatoms. The van der Waals surface area contributed by atoms with Gasteiger partial charge in [0.15, 0.2) is 0 Å². The Bertz CT molecular complexity index is 860. The lowest BCUT2D eigenvalue weighted by molar-refractivity contribution is -0.117. The minimum atomic E-state index is -3.91. The topological polar surface area (TPSA) is 86.7 Å². The van der Waals surface area contributed by atoms with Gasteiger partial charge in [0.1, 0.15) is 12.3 Å². The molecule has 23 heavy (non-hydrogen) atoms. The first-order chi connectivity index (χ1) is 10.8. The molecule has 1 aliphatic heterocycles. The molecule has 0 aliphatic carbocycles. The Morgan fingerprint density at radius 3 is 2.35 bits per heavy atom. The SMILES string of the molecule is Cc1ccc(Cc2ccc(N3CC(=O)NS3(=O)=O)c(O)c2)cc1. The van der Waals surface area contributed by atoms with E-state index in [0.717, 1.165) is 15.4 Å². The van der Waals surface area contributed by atoms with E-state index in [1.165, 1.54) is 17.7 Å². The van der Waals surface area contributed by atoms with Crippen LogP contribution >= 0.6 is 0 Å². The van der Waals surface area contributed by atoms with E-state index in [2.05, 4.69) is 0 Å². The molecule has 1 aliphatic rings. The summed E-state index contributed by atoms with van der Waals surface area (Å²) in [7, 11) is -3.91. The Kier molecular flexibility index (Phi) is 3.73. The molecule has 0 aromatic heterocycles. The van der Waals surface area contributed by atoms with Crippen LogP contribution in [0.4, 0.5) is 5.69 Å². The Morgan fingerprint density at radius 2 is 1.78 bits per heavy atom. The van der Waals surface area contributed by atoms with Gasteiger partial charge in [0.05, 0.1) is 5.69 Å². The number of carbonyl (C=O) groups is 1. The molecular formula is C16H16N2O4S. The molecule has 6 nitrogen and oxygen atoms in total. The predicted molar refractivity (Wildman–Crippen MR) is 86.5 cm³/mol. The molecule has 1 heterocycles. The second-order valence-electron chi connectivity index (χ2n) is 5.52. The first kappa shape index (κ1) is 15.4. The third kappa shape index (κ3) is 3.14. The van der Waals surface area contributed by atoms with Crippen LogP contribution in [0.2, 0.25) is 0 Å². The van der Waals surface area contributed by atoms with Gasteiger partial charge in [0.2, 0.25) is 0 Å². The van der Waals surface area contributed by atoms with Gasteiger partial charge in [-0.15, -0.1) is 0 Å². The summed E-state index contributed by atoms with van der Waals surface area (Å²) < 4.78 is 26.4. The number of hydrogen-bond donors (Lipinski definition) is 2. The number of nitrogens with one attached hydrogen (secondary N) is 1. The van der Waals surface area contributed by atoms with Crippen molar-refractivity contribution >= 4 is 21.8 Å². The van der Waals surface area contributed by atoms with E-state index in [0.29, 0.717) is 6.42 Å². The van der Waals surface area contributed by atoms with Crippen molar-refractivity contribution < 1.29 is 18.3 Å². The van der Waals surface area contributed by atoms with E-state index in [9.17, 15) is 18.3 Å². The fourth-order valence-electron chi connectivity index (χ4n) is 2.49. The number of amides is 1. The standard InChI is InChI=1S/C16H16N2O4S/c1-11-2-4-12(5-3-11)8-13-6-7-14(15(19)9-13)18-10-16(20)17-23(18,21)22/h2-7,9,19H,8,10H2,1H3,(H,17,20). The first-order valence-corrected chi connectivity index (χ1v) is 8.50. The van der Waals surface area contributed by atoms with Gasteiger partial charge in [-0.2, -0.15) is 8.42 Å². The number of benzene rings is 2. The quantitative estimate of drug-likeness (QED) is 0.891. The zero-order chi connectivity index (χ0) is 16.6. The summed E-state index contributed by atoms with van der Waals surface area (Å²) in [5.74, 6) is -0.789. The van der Waals surface area contributed by atoms with E-state index in [1.807, 2.05) is 35.9 Å². The molecule has 1 saturated heterocycles. The lowest BCUT2D eigenvalue weighted by Gasteiger charge is -2.16. The summed E-state index contributed by atoms with van der Waals surface area (Å²) in [6.07, 6.45) is 0.623. The molecule has 2 N–H and O–H groups in total. The average molecular weight is 332 g/mol. The van der Waals surface area contributed by atoms with Crippen molar-refractivity contribution in [3.05, 3.63) is 59.2 Å². The van der Waals surface area contributed by atoms with Crippen LogP contribution in [0, 0.1) is 6.92 Å². The average Bonchev–Trinajstić information content (AvgIpc) is 2.74. The summed E-state index contributed by atoms with van der Waals surface area (Å²) in [6.45, 7) is 1.68. The molecule has 1 fully saturated rings. The van der Waals surface area contributed by atoms with Crippen LogP contribution in [0.25, 0.3) is 0 Å². The zero-order valence-electron chi connectivity index (χ0n) is 12.5. The molecule has 120 valence electrons. The Morgan fingerprint density at radius 1 is 1.13 bits per heavy atom. The lowest BCUT2D eigenvalue weighted by atomic mass is 10.0. The molecule has 2 aromatic rings. The third-order valence-electron chi connectivity index (χ3n) is 3.66. The number of hydrogen-bond acceptors (Lipinski definition) is 4. The van der Waals surface area contributed by atoms with Gasteiger partial charge in [-0.1, -0.05) is 35.9 Å². The number of nitrogens with zero attached hydrogens (tertiary/aromatic N) is 1. The highest BCUT2D eigenvalue weighted by Crippen LogP contribution is 2.31. The van der Waals surface area contributed by atoms with Crippen LogP contribution in [0.1, 0.15) is 16.7 Å². The van der Waals surface area contributed by atoms with E-state index in [1.54, 1.807) is 6.07 Å². The molecule has 0 saturated carbocycles. The fourth-order valence-corrected chi connectivity index (χ4v) is 3.66. The number of phenolic OH excluding ortho intramolecular Hbond substituents is 1. The largest absolute Gasteiger partial charge is 0.506 e. The summed E-state index contributed by atoms with van der Waals surface area (Å²) in [6, 6.07) is 12.8. The molecular weight excluding hydrogens is 316 g/mol. The molecule has 0 atom stereocenters. The smallest absolute Gasteiger partial charge is 0.326 e. The van der Waals surface area contributed by atoms with Crippen LogP contribution < -0.4 is 9.03 Å². The maximum atomic E-state index is 11.8. The Hall–Kier alpha value is -2.54. The van der Waals surface area contributed by atoms with Gasteiger partial charge < -0.3 is 5.11 Å². The number of aromatic hydroxyl groups is 1. The van der Waals surface area contributed by atoms with Crippen LogP contribution in [-0.2, 0) is 21.4 Å². The van der Waals surface area contributed by atoms with Crippen LogP contribution in [-0.4, -0.2) is 26.0 Å². The van der Waals surface area contributed by atoms with E-state index in [-0.39, 0.29) is 18.0 Å². The van der Waals surface area contributed by atoms with E-state index >= 15 is 0 Å². The Balaban J connectivity index is 1.86. The molecule has 0 spiro atoms. The molecule has 2 aromatic carbocycles. The van der Waals surface area contributed by atoms with Gasteiger partial charge in [0.25, 0.3) is 5.91 Å². The first-order valence-electron chi connectivity index (χ1n) is 7.06. The maximum absolute atomic E-state index is 11.8. The van der Waals surface area contributed by atoms with Crippen molar-refractivity contribution in [2.24, 2.45) is 0 Å². The van der Waals surface area contributed by atoms with Crippen LogP contribution in [0.5, 0.6) is 5.75 Å². The minimum absolute atomic E-state index is 0.0935. The number of aryl methyl sites for hydroxylation is 1. The highest BCUT2D eigenvalue weighted by molar-refractivity contribution is 7.92. The second kappa shape index (κ2) is 5.58. The molecule has 0 unspecified atom stereocenters. The number of anilines is 1.